The minimum Gasteiger partial charge on any atom is -0.394 e. The molecule has 21 rings (SSSR count). The fourth-order valence-corrected chi connectivity index (χ4v) is 11.0. The van der Waals surface area contributed by atoms with Crippen molar-refractivity contribution in [3.05, 3.63) is 0 Å². The summed E-state index contributed by atoms with van der Waals surface area (Å²) in [6.45, 7) is -5.27. The molecule has 22 N–H and O–H groups in total. The number of aliphatic hydroxyl groups is 20. The predicted molar refractivity (Wildman–Crippen MR) is 253 cm³/mol. The van der Waals surface area contributed by atoms with Gasteiger partial charge >= 0.3 is 0 Å². The molecule has 482 valence electrons. The van der Waals surface area contributed by atoms with Crippen LogP contribution in [-0.4, -0.2) is 382 Å². The molecule has 0 unspecified atom stereocenters. The zero-order valence-corrected chi connectivity index (χ0v) is 44.1. The van der Waals surface area contributed by atoms with Gasteiger partial charge in [0.2, 0.25) is 5.91 Å². The van der Waals surface area contributed by atoms with Crippen molar-refractivity contribution in [2.75, 3.05) is 59.3 Å². The average molecular weight is 1220 g/mol. The summed E-state index contributed by atoms with van der Waals surface area (Å²) < 4.78 is 80.9. The molecular weight excluding hydrogens is 1140 g/mol. The van der Waals surface area contributed by atoms with Crippen LogP contribution in [0.5, 0.6) is 0 Å². The van der Waals surface area contributed by atoms with E-state index in [1.54, 1.807) is 0 Å². The zero-order chi connectivity index (χ0) is 60.5. The minimum absolute atomic E-state index is 0.0433. The van der Waals surface area contributed by atoms with E-state index in [0.29, 0.717) is 0 Å². The van der Waals surface area contributed by atoms with E-state index in [1.807, 2.05) is 0 Å². The predicted octanol–water partition coefficient (Wildman–Crippen LogP) is -15.5. The molecule has 35 atom stereocenters. The summed E-state index contributed by atoms with van der Waals surface area (Å²) in [5.41, 5.74) is 0. The maximum absolute atomic E-state index is 11.7. The van der Waals surface area contributed by atoms with Crippen LogP contribution in [0, 0.1) is 0 Å². The SMILES string of the molecule is CC(=O)NCCNC[C@H]1O[C@@H]2O[C@H]3[C@@H](O)[C@@H](O)[C@@H](O[C@H]4[C@@H](O)[C@@H](O)[C@@H](O[C@H]5[C@H](O)[C@@H](O)[C@@H](O[C@H]6[C@H](O)[C@@H](O)[C@@H](O[C@H]7[C@H](O)[C@@H](O)[C@@H](O[C@H]8[C@H](O)[C@@H](O)[C@@H](O[C@H]1[C@H](O)[C@H]2O)O[C@@H]8CO)O[C@@H]7CO)O[C@@H]6CO)O[C@@H]5CO)O[C@@H]4CO)O[C@@H]3CO. The molecule has 21 saturated heterocycles. The second kappa shape index (κ2) is 29.1. The molecule has 0 aromatic rings. The van der Waals surface area contributed by atoms with E-state index < -0.39 is 255 Å². The Hall–Kier alpha value is -1.93. The molecule has 21 fully saturated rings. The van der Waals surface area contributed by atoms with Gasteiger partial charge in [-0.05, 0) is 0 Å². The quantitative estimate of drug-likeness (QED) is 0.0854. The molecule has 37 heteroatoms. The van der Waals surface area contributed by atoms with Crippen LogP contribution >= 0.6 is 0 Å². The maximum atomic E-state index is 11.7. The zero-order valence-electron chi connectivity index (χ0n) is 44.1. The lowest BCUT2D eigenvalue weighted by Crippen LogP contribution is -2.68. The van der Waals surface area contributed by atoms with Gasteiger partial charge in [-0.25, -0.2) is 0 Å². The number of hydrogen-bond acceptors (Lipinski definition) is 36. The molecular formula is C46H78N2O35. The third-order valence-electron chi connectivity index (χ3n) is 15.6. The van der Waals surface area contributed by atoms with E-state index in [4.69, 9.17) is 66.3 Å². The lowest BCUT2D eigenvalue weighted by atomic mass is 9.95. The molecule has 0 aromatic carbocycles. The fourth-order valence-electron chi connectivity index (χ4n) is 11.0. The summed E-state index contributed by atoms with van der Waals surface area (Å²) in [4.78, 5) is 11.5. The highest BCUT2D eigenvalue weighted by Gasteiger charge is 2.59. The van der Waals surface area contributed by atoms with Crippen molar-refractivity contribution in [1.82, 2.24) is 10.6 Å². The molecule has 83 heavy (non-hydrogen) atoms. The highest BCUT2D eigenvalue weighted by Crippen LogP contribution is 2.39. The Morgan fingerprint density at radius 1 is 0.277 bits per heavy atom. The summed E-state index contributed by atoms with van der Waals surface area (Å²) in [5, 5.41) is 228. The molecule has 14 bridgehead atoms. The van der Waals surface area contributed by atoms with Gasteiger partial charge in [0.05, 0.1) is 39.6 Å². The van der Waals surface area contributed by atoms with Crippen LogP contribution in [0.15, 0.2) is 0 Å². The van der Waals surface area contributed by atoms with Crippen molar-refractivity contribution < 1.29 is 173 Å². The van der Waals surface area contributed by atoms with Crippen molar-refractivity contribution in [2.45, 2.75) is 222 Å². The summed E-state index contributed by atoms with van der Waals surface area (Å²) in [6.07, 6.45) is -69.9. The van der Waals surface area contributed by atoms with Gasteiger partial charge in [-0.3, -0.25) is 4.79 Å². The maximum Gasteiger partial charge on any atom is 0.216 e. The van der Waals surface area contributed by atoms with Gasteiger partial charge in [0, 0.05) is 26.6 Å². The summed E-state index contributed by atoms with van der Waals surface area (Å²) in [7, 11) is 0. The molecule has 21 aliphatic rings. The summed E-state index contributed by atoms with van der Waals surface area (Å²) in [5.74, 6) is -0.387. The first-order chi connectivity index (χ1) is 39.5. The van der Waals surface area contributed by atoms with Gasteiger partial charge in [-0.2, -0.15) is 0 Å². The Morgan fingerprint density at radius 2 is 0.458 bits per heavy atom. The molecule has 0 aromatic heterocycles. The van der Waals surface area contributed by atoms with Gasteiger partial charge in [0.15, 0.2) is 44.0 Å². The van der Waals surface area contributed by atoms with Crippen molar-refractivity contribution >= 4 is 5.91 Å². The smallest absolute Gasteiger partial charge is 0.216 e. The van der Waals surface area contributed by atoms with Crippen LogP contribution in [0.3, 0.4) is 0 Å². The third kappa shape index (κ3) is 14.1. The number of carbonyl (C=O) groups excluding carboxylic acids is 1. The van der Waals surface area contributed by atoms with Crippen molar-refractivity contribution in [1.29, 1.82) is 0 Å². The number of ether oxygens (including phenoxy) is 14. The van der Waals surface area contributed by atoms with Crippen molar-refractivity contribution in [3.8, 4) is 0 Å². The van der Waals surface area contributed by atoms with Gasteiger partial charge < -0.3 is 179 Å². The number of amides is 1. The topological polar surface area (TPSA) is 575 Å². The van der Waals surface area contributed by atoms with Gasteiger partial charge in [0.1, 0.15) is 171 Å². The fraction of sp³-hybridized carbons (Fsp3) is 0.978. The second-order valence-electron chi connectivity index (χ2n) is 21.2. The average Bonchev–Trinajstić information content (AvgIpc) is 3.18. The Bertz CT molecular complexity index is 2000. The highest BCUT2D eigenvalue weighted by molar-refractivity contribution is 5.72. The number of nitrogens with one attached hydrogen (secondary N) is 2. The monoisotopic (exact) mass is 1220 g/mol. The number of rotatable bonds is 11. The first kappa shape index (κ1) is 67.0. The molecule has 0 radical (unpaired) electrons. The number of aliphatic hydroxyl groups excluding tert-OH is 20. The van der Waals surface area contributed by atoms with E-state index >= 15 is 0 Å². The van der Waals surface area contributed by atoms with Crippen LogP contribution in [-0.2, 0) is 71.1 Å². The lowest BCUT2D eigenvalue weighted by molar-refractivity contribution is -0.396. The van der Waals surface area contributed by atoms with E-state index in [2.05, 4.69) is 10.6 Å². The first-order valence-corrected chi connectivity index (χ1v) is 26.8. The van der Waals surface area contributed by atoms with Crippen LogP contribution in [0.1, 0.15) is 6.92 Å². The van der Waals surface area contributed by atoms with Gasteiger partial charge in [0.25, 0.3) is 0 Å². The number of carbonyl (C=O) groups is 1. The van der Waals surface area contributed by atoms with Crippen molar-refractivity contribution in [2.24, 2.45) is 0 Å². The van der Waals surface area contributed by atoms with E-state index in [1.165, 1.54) is 6.92 Å². The van der Waals surface area contributed by atoms with Gasteiger partial charge in [-0.1, -0.05) is 0 Å². The van der Waals surface area contributed by atoms with Crippen LogP contribution in [0.2, 0.25) is 0 Å². The van der Waals surface area contributed by atoms with Crippen molar-refractivity contribution in [3.63, 3.8) is 0 Å². The summed E-state index contributed by atoms with van der Waals surface area (Å²) in [6, 6.07) is 0. The molecule has 0 spiro atoms. The Labute approximate surface area is 470 Å². The molecule has 0 aliphatic carbocycles. The first-order valence-electron chi connectivity index (χ1n) is 26.8. The minimum atomic E-state index is -2.21. The molecule has 21 heterocycles. The van der Waals surface area contributed by atoms with Crippen LogP contribution in [0.25, 0.3) is 0 Å². The lowest BCUT2D eigenvalue weighted by Gasteiger charge is -2.50. The second-order valence-corrected chi connectivity index (χ2v) is 21.2. The Kier molecular flexibility index (Phi) is 23.5. The Morgan fingerprint density at radius 3 is 0.639 bits per heavy atom. The largest absolute Gasteiger partial charge is 0.394 e. The van der Waals surface area contributed by atoms with E-state index in [0.717, 1.165) is 0 Å². The van der Waals surface area contributed by atoms with E-state index in [9.17, 15) is 107 Å². The molecule has 21 aliphatic heterocycles. The standard InChI is InChI=1S/C46H78N2O35/c1-11(55)48-3-2-47-4-12-33-19(56)26(63)40(70-12)78-34-13(5-49)72-42(28(65)21(34)58)80-36-15(7-51)74-44(30(67)23(36)60)82-38-17(9-53)76-46(32(69)25(38)62)83-39-18(10-54)75-45(31(68)24(39)61)81-37-16(8-52)73-43(29(66)22(37)59)79-35-14(6-50)71-41(77-33)27(64)20(35)57/h12-47,49-54,56-69H,2-10H2,1H3,(H,48,55)/t12-,13-,14-,15-,16-,17-,18-,19-,20-,21+,22-,23+,24-,25-,26-,27-,28-,29-,30-,31-,32-,33-,34-,35-,36-,37-,38-,39-,40-,41-,42-,43-,44-,45-,46-/m1/s1. The Balaban J connectivity index is 1.09. The number of hydrogen-bond donors (Lipinski definition) is 22. The molecule has 0 saturated carbocycles. The third-order valence-corrected chi connectivity index (χ3v) is 15.6. The van der Waals surface area contributed by atoms with Crippen LogP contribution in [0.4, 0.5) is 0 Å². The summed E-state index contributed by atoms with van der Waals surface area (Å²) >= 11 is 0. The highest BCUT2D eigenvalue weighted by atomic mass is 16.8. The van der Waals surface area contributed by atoms with Crippen LogP contribution < -0.4 is 10.6 Å². The van der Waals surface area contributed by atoms with Gasteiger partial charge in [-0.15, -0.1) is 0 Å². The van der Waals surface area contributed by atoms with E-state index in [-0.39, 0.29) is 25.5 Å². The molecule has 1 amide bonds. The molecule has 37 nitrogen and oxygen atoms in total. The normalized spacial score (nSPS) is 52.1.